The van der Waals surface area contributed by atoms with Gasteiger partial charge in [0.15, 0.2) is 6.61 Å². The number of nitrogens with one attached hydrogen (secondary N) is 1. The van der Waals surface area contributed by atoms with Crippen molar-refractivity contribution < 1.29 is 13.9 Å². The van der Waals surface area contributed by atoms with E-state index in [4.69, 9.17) is 16.3 Å². The summed E-state index contributed by atoms with van der Waals surface area (Å²) in [6.45, 7) is -0.178. The monoisotopic (exact) mass is 306 g/mol. The summed E-state index contributed by atoms with van der Waals surface area (Å²) < 4.78 is 18.2. The van der Waals surface area contributed by atoms with Crippen molar-refractivity contribution in [1.29, 1.82) is 0 Å². The summed E-state index contributed by atoms with van der Waals surface area (Å²) in [6, 6.07) is 12.5. The van der Waals surface area contributed by atoms with Gasteiger partial charge in [0, 0.05) is 5.02 Å². The Balaban J connectivity index is 1.78. The van der Waals surface area contributed by atoms with Crippen LogP contribution in [0.1, 0.15) is 5.56 Å². The van der Waals surface area contributed by atoms with Crippen LogP contribution in [0.3, 0.4) is 0 Å². The van der Waals surface area contributed by atoms with Crippen molar-refractivity contribution in [3.8, 4) is 5.75 Å². The zero-order valence-corrected chi connectivity index (χ0v) is 11.7. The summed E-state index contributed by atoms with van der Waals surface area (Å²) in [5.74, 6) is -0.252. The maximum absolute atomic E-state index is 12.9. The van der Waals surface area contributed by atoms with Crippen molar-refractivity contribution in [1.82, 2.24) is 5.43 Å². The van der Waals surface area contributed by atoms with Crippen LogP contribution < -0.4 is 10.2 Å². The third-order valence-electron chi connectivity index (χ3n) is 2.44. The molecule has 0 saturated carbocycles. The molecule has 0 unspecified atom stereocenters. The van der Waals surface area contributed by atoms with E-state index in [-0.39, 0.29) is 12.4 Å². The molecule has 0 atom stereocenters. The zero-order chi connectivity index (χ0) is 15.1. The lowest BCUT2D eigenvalue weighted by molar-refractivity contribution is -0.123. The van der Waals surface area contributed by atoms with Crippen LogP contribution in [0.4, 0.5) is 4.39 Å². The molecule has 0 heterocycles. The highest BCUT2D eigenvalue weighted by Gasteiger charge is 2.01. The number of hydrogen-bond donors (Lipinski definition) is 1. The second-order valence-electron chi connectivity index (χ2n) is 4.09. The van der Waals surface area contributed by atoms with Crippen molar-refractivity contribution >= 4 is 23.7 Å². The lowest BCUT2D eigenvalue weighted by Gasteiger charge is -2.04. The molecule has 21 heavy (non-hydrogen) atoms. The average Bonchev–Trinajstić information content (AvgIpc) is 2.47. The number of hydrogen-bond acceptors (Lipinski definition) is 3. The van der Waals surface area contributed by atoms with E-state index in [2.05, 4.69) is 10.5 Å². The Kier molecular flexibility index (Phi) is 5.29. The number of halogens is 2. The van der Waals surface area contributed by atoms with Crippen LogP contribution in [0, 0.1) is 5.82 Å². The summed E-state index contributed by atoms with van der Waals surface area (Å²) >= 11 is 5.73. The van der Waals surface area contributed by atoms with Gasteiger partial charge in [0.25, 0.3) is 5.91 Å². The van der Waals surface area contributed by atoms with Crippen molar-refractivity contribution in [3.63, 3.8) is 0 Å². The largest absolute Gasteiger partial charge is 0.484 e. The predicted molar refractivity (Wildman–Crippen MR) is 79.1 cm³/mol. The van der Waals surface area contributed by atoms with Gasteiger partial charge in [-0.25, -0.2) is 9.82 Å². The Hall–Kier alpha value is -2.40. The van der Waals surface area contributed by atoms with Gasteiger partial charge in [0.05, 0.1) is 6.21 Å². The first kappa shape index (κ1) is 15.0. The normalized spacial score (nSPS) is 10.6. The first-order valence-corrected chi connectivity index (χ1v) is 6.47. The third kappa shape index (κ3) is 5.24. The molecule has 1 N–H and O–H groups in total. The van der Waals surface area contributed by atoms with E-state index in [1.54, 1.807) is 36.4 Å². The Morgan fingerprint density at radius 2 is 2.05 bits per heavy atom. The molecule has 1 amide bonds. The Bertz CT molecular complexity index is 644. The Labute approximate surface area is 126 Å². The second kappa shape index (κ2) is 7.40. The van der Waals surface area contributed by atoms with Crippen molar-refractivity contribution in [2.75, 3.05) is 6.61 Å². The molecule has 0 aliphatic carbocycles. The van der Waals surface area contributed by atoms with Crippen molar-refractivity contribution in [3.05, 3.63) is 64.9 Å². The number of amides is 1. The molecule has 0 fully saturated rings. The smallest absolute Gasteiger partial charge is 0.277 e. The summed E-state index contributed by atoms with van der Waals surface area (Å²) in [7, 11) is 0. The van der Waals surface area contributed by atoms with Gasteiger partial charge < -0.3 is 4.74 Å². The van der Waals surface area contributed by atoms with Gasteiger partial charge in [-0.05, 0) is 42.0 Å². The van der Waals surface area contributed by atoms with E-state index in [0.29, 0.717) is 16.3 Å². The third-order valence-corrected chi connectivity index (χ3v) is 2.69. The van der Waals surface area contributed by atoms with E-state index in [1.165, 1.54) is 18.3 Å². The van der Waals surface area contributed by atoms with E-state index in [0.717, 1.165) is 0 Å². The fourth-order valence-corrected chi connectivity index (χ4v) is 1.60. The van der Waals surface area contributed by atoms with Crippen molar-refractivity contribution in [2.45, 2.75) is 0 Å². The van der Waals surface area contributed by atoms with Crippen LogP contribution in [0.25, 0.3) is 0 Å². The summed E-state index contributed by atoms with van der Waals surface area (Å²) in [5.41, 5.74) is 2.84. The Morgan fingerprint density at radius 3 is 2.76 bits per heavy atom. The van der Waals surface area contributed by atoms with Gasteiger partial charge in [-0.3, -0.25) is 4.79 Å². The standard InChI is InChI=1S/C15H12ClFN2O2/c16-12-4-6-14(7-5-12)21-10-15(20)19-18-9-11-2-1-3-13(17)8-11/h1-9H,10H2,(H,19,20). The van der Waals surface area contributed by atoms with Gasteiger partial charge in [0.1, 0.15) is 11.6 Å². The minimum absolute atomic E-state index is 0.178. The highest BCUT2D eigenvalue weighted by molar-refractivity contribution is 6.30. The highest BCUT2D eigenvalue weighted by Crippen LogP contribution is 2.15. The molecule has 0 bridgehead atoms. The van der Waals surface area contributed by atoms with Crippen LogP contribution in [0.5, 0.6) is 5.75 Å². The number of carbonyl (C=O) groups is 1. The van der Waals surface area contributed by atoms with Gasteiger partial charge in [-0.1, -0.05) is 23.7 Å². The number of ether oxygens (including phenoxy) is 1. The molecule has 0 aliphatic heterocycles. The fourth-order valence-electron chi connectivity index (χ4n) is 1.48. The van der Waals surface area contributed by atoms with E-state index in [1.807, 2.05) is 0 Å². The SMILES string of the molecule is O=C(COc1ccc(Cl)cc1)NN=Cc1cccc(F)c1. The number of hydrazone groups is 1. The Morgan fingerprint density at radius 1 is 1.29 bits per heavy atom. The average molecular weight is 307 g/mol. The maximum Gasteiger partial charge on any atom is 0.277 e. The van der Waals surface area contributed by atoms with Gasteiger partial charge in [0.2, 0.25) is 0 Å². The first-order valence-electron chi connectivity index (χ1n) is 6.09. The minimum Gasteiger partial charge on any atom is -0.484 e. The van der Waals surface area contributed by atoms with E-state index >= 15 is 0 Å². The molecule has 0 saturated heterocycles. The van der Waals surface area contributed by atoms with Crippen molar-refractivity contribution in [2.24, 2.45) is 5.10 Å². The summed E-state index contributed by atoms with van der Waals surface area (Å²) in [4.78, 5) is 11.5. The molecule has 0 radical (unpaired) electrons. The number of benzene rings is 2. The molecular weight excluding hydrogens is 295 g/mol. The van der Waals surface area contributed by atoms with Crippen LogP contribution in [0.15, 0.2) is 53.6 Å². The van der Waals surface area contributed by atoms with Crippen LogP contribution >= 0.6 is 11.6 Å². The molecular formula is C15H12ClFN2O2. The molecule has 4 nitrogen and oxygen atoms in total. The molecule has 0 aromatic heterocycles. The van der Waals surface area contributed by atoms with E-state index < -0.39 is 5.91 Å². The molecule has 0 aliphatic rings. The number of carbonyl (C=O) groups excluding carboxylic acids is 1. The molecule has 2 aromatic rings. The van der Waals surface area contributed by atoms with Crippen LogP contribution in [-0.2, 0) is 4.79 Å². The summed E-state index contributed by atoms with van der Waals surface area (Å²) in [5, 5.41) is 4.31. The fraction of sp³-hybridized carbons (Fsp3) is 0.0667. The lowest BCUT2D eigenvalue weighted by atomic mass is 10.2. The molecule has 2 rings (SSSR count). The predicted octanol–water partition coefficient (Wildman–Crippen LogP) is 3.01. The zero-order valence-electron chi connectivity index (χ0n) is 10.9. The summed E-state index contributed by atoms with van der Waals surface area (Å²) in [6.07, 6.45) is 1.35. The molecule has 2 aromatic carbocycles. The van der Waals surface area contributed by atoms with Gasteiger partial charge in [-0.2, -0.15) is 5.10 Å². The van der Waals surface area contributed by atoms with E-state index in [9.17, 15) is 9.18 Å². The van der Waals surface area contributed by atoms with Crippen LogP contribution in [0.2, 0.25) is 5.02 Å². The molecule has 6 heteroatoms. The molecule has 108 valence electrons. The number of rotatable bonds is 5. The van der Waals surface area contributed by atoms with Gasteiger partial charge >= 0.3 is 0 Å². The molecule has 0 spiro atoms. The number of nitrogens with zero attached hydrogens (tertiary/aromatic N) is 1. The second-order valence-corrected chi connectivity index (χ2v) is 4.53. The minimum atomic E-state index is -0.419. The quantitative estimate of drug-likeness (QED) is 0.682. The van der Waals surface area contributed by atoms with Gasteiger partial charge in [-0.15, -0.1) is 0 Å². The maximum atomic E-state index is 12.9. The highest BCUT2D eigenvalue weighted by atomic mass is 35.5. The first-order chi connectivity index (χ1) is 10.1. The lowest BCUT2D eigenvalue weighted by Crippen LogP contribution is -2.24. The topological polar surface area (TPSA) is 50.7 Å². The van der Waals surface area contributed by atoms with Crippen LogP contribution in [-0.4, -0.2) is 18.7 Å².